The summed E-state index contributed by atoms with van der Waals surface area (Å²) in [6.07, 6.45) is 3.94. The van der Waals surface area contributed by atoms with E-state index in [2.05, 4.69) is 16.4 Å². The lowest BCUT2D eigenvalue weighted by atomic mass is 10.1. The fourth-order valence-corrected chi connectivity index (χ4v) is 2.39. The molecule has 0 unspecified atom stereocenters. The Morgan fingerprint density at radius 3 is 2.86 bits per heavy atom. The standard InChI is InChI=1S/C17H22N2O3/c1-2-22-17(21)9-5-8-16(20)18-11-10-13-12-19-15-7-4-3-6-14(13)15/h3-4,6-7,12,19H,2,5,8-11H2,1H3,(H,18,20). The van der Waals surface area contributed by atoms with Crippen molar-refractivity contribution in [3.05, 3.63) is 36.0 Å². The van der Waals surface area contributed by atoms with Crippen LogP contribution in [-0.2, 0) is 20.7 Å². The van der Waals surface area contributed by atoms with Crippen molar-refractivity contribution in [2.75, 3.05) is 13.2 Å². The number of esters is 1. The Morgan fingerprint density at radius 2 is 2.05 bits per heavy atom. The molecule has 0 saturated heterocycles. The molecule has 2 aromatic rings. The molecule has 1 aromatic heterocycles. The van der Waals surface area contributed by atoms with E-state index in [0.29, 0.717) is 32.4 Å². The zero-order valence-corrected chi connectivity index (χ0v) is 12.9. The van der Waals surface area contributed by atoms with Gasteiger partial charge in [0, 0.05) is 36.5 Å². The number of hydrogen-bond acceptors (Lipinski definition) is 3. The van der Waals surface area contributed by atoms with Crippen LogP contribution < -0.4 is 5.32 Å². The summed E-state index contributed by atoms with van der Waals surface area (Å²) in [5.41, 5.74) is 2.31. The van der Waals surface area contributed by atoms with E-state index in [1.54, 1.807) is 6.92 Å². The fraction of sp³-hybridized carbons (Fsp3) is 0.412. The Bertz CT molecular complexity index is 634. The molecule has 1 amide bonds. The number of carbonyl (C=O) groups excluding carboxylic acids is 2. The van der Waals surface area contributed by atoms with E-state index in [1.807, 2.05) is 24.4 Å². The number of H-pyrrole nitrogens is 1. The monoisotopic (exact) mass is 302 g/mol. The van der Waals surface area contributed by atoms with Crippen molar-refractivity contribution in [3.8, 4) is 0 Å². The van der Waals surface area contributed by atoms with Crippen LogP contribution in [0.5, 0.6) is 0 Å². The third-order valence-electron chi connectivity index (χ3n) is 3.48. The van der Waals surface area contributed by atoms with Gasteiger partial charge in [-0.1, -0.05) is 18.2 Å². The normalized spacial score (nSPS) is 10.6. The van der Waals surface area contributed by atoms with Crippen LogP contribution in [0.15, 0.2) is 30.5 Å². The Hall–Kier alpha value is -2.30. The average Bonchev–Trinajstić information content (AvgIpc) is 2.91. The van der Waals surface area contributed by atoms with Crippen LogP contribution in [0, 0.1) is 0 Å². The van der Waals surface area contributed by atoms with E-state index in [1.165, 1.54) is 10.9 Å². The maximum absolute atomic E-state index is 11.7. The molecule has 0 aliphatic rings. The van der Waals surface area contributed by atoms with E-state index in [-0.39, 0.29) is 11.9 Å². The summed E-state index contributed by atoms with van der Waals surface area (Å²) in [7, 11) is 0. The molecule has 5 heteroatoms. The Kier molecular flexibility index (Phi) is 6.01. The summed E-state index contributed by atoms with van der Waals surface area (Å²) < 4.78 is 4.82. The first-order valence-electron chi connectivity index (χ1n) is 7.68. The van der Waals surface area contributed by atoms with Gasteiger partial charge in [-0.05, 0) is 31.4 Å². The van der Waals surface area contributed by atoms with Gasteiger partial charge < -0.3 is 15.0 Å². The average molecular weight is 302 g/mol. The van der Waals surface area contributed by atoms with E-state index in [0.717, 1.165) is 11.9 Å². The van der Waals surface area contributed by atoms with Crippen LogP contribution in [-0.4, -0.2) is 30.0 Å². The molecule has 2 N–H and O–H groups in total. The van der Waals surface area contributed by atoms with Crippen molar-refractivity contribution in [3.63, 3.8) is 0 Å². The second-order valence-electron chi connectivity index (χ2n) is 5.12. The van der Waals surface area contributed by atoms with Crippen LogP contribution in [0.25, 0.3) is 10.9 Å². The minimum atomic E-state index is -0.242. The maximum Gasteiger partial charge on any atom is 0.305 e. The number of carbonyl (C=O) groups is 2. The molecule has 0 atom stereocenters. The van der Waals surface area contributed by atoms with Crippen LogP contribution >= 0.6 is 0 Å². The predicted molar refractivity (Wildman–Crippen MR) is 85.5 cm³/mol. The number of nitrogens with one attached hydrogen (secondary N) is 2. The number of amides is 1. The largest absolute Gasteiger partial charge is 0.466 e. The second kappa shape index (κ2) is 8.22. The zero-order valence-electron chi connectivity index (χ0n) is 12.9. The lowest BCUT2D eigenvalue weighted by Crippen LogP contribution is -2.25. The van der Waals surface area contributed by atoms with Crippen molar-refractivity contribution in [2.45, 2.75) is 32.6 Å². The quantitative estimate of drug-likeness (QED) is 0.736. The molecule has 5 nitrogen and oxygen atoms in total. The lowest BCUT2D eigenvalue weighted by Gasteiger charge is -2.05. The Morgan fingerprint density at radius 1 is 1.23 bits per heavy atom. The van der Waals surface area contributed by atoms with Crippen molar-refractivity contribution < 1.29 is 14.3 Å². The minimum Gasteiger partial charge on any atom is -0.466 e. The summed E-state index contributed by atoms with van der Waals surface area (Å²) in [5.74, 6) is -0.266. The van der Waals surface area contributed by atoms with Gasteiger partial charge >= 0.3 is 5.97 Å². The molecule has 22 heavy (non-hydrogen) atoms. The van der Waals surface area contributed by atoms with Crippen LogP contribution in [0.1, 0.15) is 31.7 Å². The van der Waals surface area contributed by atoms with E-state index >= 15 is 0 Å². The molecule has 2 rings (SSSR count). The van der Waals surface area contributed by atoms with Gasteiger partial charge in [-0.25, -0.2) is 0 Å². The highest BCUT2D eigenvalue weighted by Gasteiger charge is 2.06. The van der Waals surface area contributed by atoms with Crippen LogP contribution in [0.4, 0.5) is 0 Å². The topological polar surface area (TPSA) is 71.2 Å². The highest BCUT2D eigenvalue weighted by atomic mass is 16.5. The SMILES string of the molecule is CCOC(=O)CCCC(=O)NCCc1c[nH]c2ccccc12. The molecule has 0 saturated carbocycles. The smallest absolute Gasteiger partial charge is 0.305 e. The van der Waals surface area contributed by atoms with Gasteiger partial charge in [0.15, 0.2) is 0 Å². The molecule has 0 radical (unpaired) electrons. The molecule has 118 valence electrons. The van der Waals surface area contributed by atoms with Gasteiger partial charge in [-0.15, -0.1) is 0 Å². The third kappa shape index (κ3) is 4.62. The Labute approximate surface area is 130 Å². The fourth-order valence-electron chi connectivity index (χ4n) is 2.39. The predicted octanol–water partition coefficient (Wildman–Crippen LogP) is 2.56. The number of fused-ring (bicyclic) bond motifs is 1. The highest BCUT2D eigenvalue weighted by Crippen LogP contribution is 2.17. The number of para-hydroxylation sites is 1. The van der Waals surface area contributed by atoms with E-state index < -0.39 is 0 Å². The molecular weight excluding hydrogens is 280 g/mol. The molecule has 0 fully saturated rings. The van der Waals surface area contributed by atoms with Gasteiger partial charge in [0.25, 0.3) is 0 Å². The van der Waals surface area contributed by atoms with Crippen molar-refractivity contribution in [1.82, 2.24) is 10.3 Å². The zero-order chi connectivity index (χ0) is 15.8. The van der Waals surface area contributed by atoms with Gasteiger partial charge in [0.1, 0.15) is 0 Å². The molecule has 0 bridgehead atoms. The summed E-state index contributed by atoms with van der Waals surface area (Å²) in [4.78, 5) is 26.1. The van der Waals surface area contributed by atoms with Gasteiger partial charge in [0.05, 0.1) is 6.61 Å². The Balaban J connectivity index is 1.68. The van der Waals surface area contributed by atoms with Crippen molar-refractivity contribution in [2.24, 2.45) is 0 Å². The second-order valence-corrected chi connectivity index (χ2v) is 5.12. The number of ether oxygens (including phenoxy) is 1. The number of aromatic amines is 1. The van der Waals surface area contributed by atoms with Crippen molar-refractivity contribution >= 4 is 22.8 Å². The molecule has 1 aromatic carbocycles. The summed E-state index contributed by atoms with van der Waals surface area (Å²) in [6.45, 7) is 2.76. The number of rotatable bonds is 8. The number of benzene rings is 1. The first-order valence-corrected chi connectivity index (χ1v) is 7.68. The molecule has 0 aliphatic carbocycles. The molecule has 0 aliphatic heterocycles. The minimum absolute atomic E-state index is 0.0239. The van der Waals surface area contributed by atoms with Crippen LogP contribution in [0.3, 0.4) is 0 Å². The first kappa shape index (κ1) is 16.1. The van der Waals surface area contributed by atoms with Gasteiger partial charge in [-0.2, -0.15) is 0 Å². The highest BCUT2D eigenvalue weighted by molar-refractivity contribution is 5.83. The number of hydrogen-bond donors (Lipinski definition) is 2. The molecule has 1 heterocycles. The van der Waals surface area contributed by atoms with Crippen LogP contribution in [0.2, 0.25) is 0 Å². The summed E-state index contributed by atoms with van der Waals surface area (Å²) in [5, 5.41) is 4.08. The third-order valence-corrected chi connectivity index (χ3v) is 3.48. The van der Waals surface area contributed by atoms with E-state index in [9.17, 15) is 9.59 Å². The summed E-state index contributed by atoms with van der Waals surface area (Å²) >= 11 is 0. The summed E-state index contributed by atoms with van der Waals surface area (Å²) in [6, 6.07) is 8.11. The molecular formula is C17H22N2O3. The van der Waals surface area contributed by atoms with Gasteiger partial charge in [-0.3, -0.25) is 9.59 Å². The lowest BCUT2D eigenvalue weighted by molar-refractivity contribution is -0.143. The van der Waals surface area contributed by atoms with Crippen molar-refractivity contribution in [1.29, 1.82) is 0 Å². The first-order chi connectivity index (χ1) is 10.7. The van der Waals surface area contributed by atoms with Gasteiger partial charge in [0.2, 0.25) is 5.91 Å². The van der Waals surface area contributed by atoms with E-state index in [4.69, 9.17) is 4.74 Å². The molecule has 0 spiro atoms. The maximum atomic E-state index is 11.7. The number of aromatic nitrogens is 1.